The van der Waals surface area contributed by atoms with Gasteiger partial charge in [-0.05, 0) is 31.9 Å². The Kier molecular flexibility index (Phi) is 4.34. The Balaban J connectivity index is 2.26. The first kappa shape index (κ1) is 14.5. The third-order valence-corrected chi connectivity index (χ3v) is 3.42. The monoisotopic (exact) mass is 278 g/mol. The quantitative estimate of drug-likeness (QED) is 0.899. The summed E-state index contributed by atoms with van der Waals surface area (Å²) >= 11 is 0. The van der Waals surface area contributed by atoms with E-state index in [-0.39, 0.29) is 23.2 Å². The number of aromatic carboxylic acids is 1. The van der Waals surface area contributed by atoms with Crippen LogP contribution in [0.5, 0.6) is 0 Å². The van der Waals surface area contributed by atoms with Crippen molar-refractivity contribution < 1.29 is 19.4 Å². The molecule has 0 unspecified atom stereocenters. The second-order valence-electron chi connectivity index (χ2n) is 4.94. The van der Waals surface area contributed by atoms with Crippen LogP contribution in [0.4, 0.5) is 0 Å². The zero-order valence-corrected chi connectivity index (χ0v) is 11.6. The van der Waals surface area contributed by atoms with Crippen LogP contribution in [0.2, 0.25) is 0 Å². The van der Waals surface area contributed by atoms with Crippen LogP contribution in [0.15, 0.2) is 12.1 Å². The lowest BCUT2D eigenvalue weighted by molar-refractivity contribution is 0.0625. The highest BCUT2D eigenvalue weighted by Gasteiger charge is 2.30. The highest BCUT2D eigenvalue weighted by Crippen LogP contribution is 2.20. The van der Waals surface area contributed by atoms with Crippen LogP contribution in [0, 0.1) is 6.92 Å². The Morgan fingerprint density at radius 2 is 2.25 bits per heavy atom. The number of likely N-dealkylation sites (tertiary alicyclic amines) is 1. The fourth-order valence-corrected chi connectivity index (χ4v) is 2.52. The van der Waals surface area contributed by atoms with Gasteiger partial charge >= 0.3 is 5.97 Å². The number of aromatic nitrogens is 1. The van der Waals surface area contributed by atoms with Gasteiger partial charge in [0.1, 0.15) is 5.69 Å². The van der Waals surface area contributed by atoms with Crippen molar-refractivity contribution in [1.29, 1.82) is 0 Å². The number of pyridine rings is 1. The van der Waals surface area contributed by atoms with E-state index in [1.54, 1.807) is 18.9 Å². The maximum atomic E-state index is 12.5. The number of carbonyl (C=O) groups is 2. The predicted molar refractivity (Wildman–Crippen MR) is 71.9 cm³/mol. The van der Waals surface area contributed by atoms with Gasteiger partial charge in [0.15, 0.2) is 0 Å². The van der Waals surface area contributed by atoms with Crippen LogP contribution < -0.4 is 0 Å². The van der Waals surface area contributed by atoms with E-state index in [0.29, 0.717) is 18.8 Å². The Bertz CT molecular complexity index is 530. The number of nitrogens with zero attached hydrogens (tertiary/aromatic N) is 2. The van der Waals surface area contributed by atoms with Crippen molar-refractivity contribution >= 4 is 11.9 Å². The predicted octanol–water partition coefficient (Wildman–Crippen LogP) is 1.34. The number of carboxylic acid groups (broad SMARTS) is 1. The number of hydrogen-bond donors (Lipinski definition) is 1. The van der Waals surface area contributed by atoms with Crippen molar-refractivity contribution in [3.8, 4) is 0 Å². The molecule has 20 heavy (non-hydrogen) atoms. The van der Waals surface area contributed by atoms with Crippen molar-refractivity contribution in [2.75, 3.05) is 20.3 Å². The molecule has 6 nitrogen and oxygen atoms in total. The van der Waals surface area contributed by atoms with Crippen LogP contribution >= 0.6 is 0 Å². The third kappa shape index (κ3) is 2.96. The summed E-state index contributed by atoms with van der Waals surface area (Å²) in [4.78, 5) is 29.4. The van der Waals surface area contributed by atoms with Gasteiger partial charge in [-0.15, -0.1) is 0 Å². The fraction of sp³-hybridized carbons (Fsp3) is 0.500. The summed E-state index contributed by atoms with van der Waals surface area (Å²) in [5.74, 6) is -1.28. The lowest BCUT2D eigenvalue weighted by Crippen LogP contribution is -2.38. The van der Waals surface area contributed by atoms with Crippen LogP contribution in [-0.4, -0.2) is 53.2 Å². The lowest BCUT2D eigenvalue weighted by atomic mass is 10.1. The number of carbonyl (C=O) groups excluding carboxylic acids is 1. The second-order valence-corrected chi connectivity index (χ2v) is 4.94. The molecule has 1 saturated heterocycles. The van der Waals surface area contributed by atoms with Gasteiger partial charge in [0.05, 0.1) is 18.2 Å². The summed E-state index contributed by atoms with van der Waals surface area (Å²) in [6.45, 7) is 2.83. The van der Waals surface area contributed by atoms with Crippen LogP contribution in [0.1, 0.15) is 39.4 Å². The number of carboxylic acids is 1. The molecule has 0 saturated carbocycles. The maximum Gasteiger partial charge on any atom is 0.335 e. The first-order valence-electron chi connectivity index (χ1n) is 6.55. The second kappa shape index (κ2) is 6.00. The molecular weight excluding hydrogens is 260 g/mol. The molecule has 0 aromatic carbocycles. The summed E-state index contributed by atoms with van der Waals surface area (Å²) < 4.78 is 5.12. The molecule has 0 spiro atoms. The number of ether oxygens (including phenoxy) is 1. The van der Waals surface area contributed by atoms with Gasteiger partial charge in [0, 0.05) is 19.3 Å². The summed E-state index contributed by atoms with van der Waals surface area (Å²) in [6, 6.07) is 2.83. The van der Waals surface area contributed by atoms with Crippen molar-refractivity contribution in [3.05, 3.63) is 29.1 Å². The molecule has 1 atom stereocenters. The van der Waals surface area contributed by atoms with E-state index in [2.05, 4.69) is 4.98 Å². The minimum atomic E-state index is -1.06. The number of rotatable bonds is 4. The first-order chi connectivity index (χ1) is 9.52. The van der Waals surface area contributed by atoms with Crippen molar-refractivity contribution in [2.45, 2.75) is 25.8 Å². The molecule has 0 radical (unpaired) electrons. The van der Waals surface area contributed by atoms with Crippen LogP contribution in [-0.2, 0) is 4.74 Å². The summed E-state index contributed by atoms with van der Waals surface area (Å²) in [5, 5.41) is 9.04. The average molecular weight is 278 g/mol. The molecule has 1 aromatic rings. The standard InChI is InChI=1S/C14H18N2O4/c1-9-6-10(14(18)19)7-12(15-9)13(17)16-5-3-4-11(16)8-20-2/h6-7,11H,3-5,8H2,1-2H3,(H,18,19)/t11-/m1/s1. The molecule has 1 aromatic heterocycles. The van der Waals surface area contributed by atoms with E-state index in [0.717, 1.165) is 12.8 Å². The van der Waals surface area contributed by atoms with Gasteiger partial charge in [-0.25, -0.2) is 9.78 Å². The van der Waals surface area contributed by atoms with E-state index >= 15 is 0 Å². The molecular formula is C14H18N2O4. The smallest absolute Gasteiger partial charge is 0.335 e. The molecule has 2 rings (SSSR count). The number of aryl methyl sites for hydroxylation is 1. The molecule has 2 heterocycles. The minimum absolute atomic E-state index is 0.0445. The highest BCUT2D eigenvalue weighted by atomic mass is 16.5. The summed E-state index contributed by atoms with van der Waals surface area (Å²) in [5.41, 5.74) is 0.796. The molecule has 0 aliphatic carbocycles. The van der Waals surface area contributed by atoms with E-state index in [9.17, 15) is 9.59 Å². The molecule has 1 N–H and O–H groups in total. The van der Waals surface area contributed by atoms with Gasteiger partial charge in [-0.2, -0.15) is 0 Å². The Hall–Kier alpha value is -1.95. The molecule has 108 valence electrons. The van der Waals surface area contributed by atoms with Gasteiger partial charge < -0.3 is 14.7 Å². The third-order valence-electron chi connectivity index (χ3n) is 3.42. The lowest BCUT2D eigenvalue weighted by Gasteiger charge is -2.23. The van der Waals surface area contributed by atoms with E-state index < -0.39 is 5.97 Å². The average Bonchev–Trinajstić information content (AvgIpc) is 2.85. The van der Waals surface area contributed by atoms with Crippen molar-refractivity contribution in [3.63, 3.8) is 0 Å². The SMILES string of the molecule is COC[C@H]1CCCN1C(=O)c1cc(C(=O)O)cc(C)n1. The Labute approximate surface area is 117 Å². The molecule has 0 bridgehead atoms. The Morgan fingerprint density at radius 3 is 2.90 bits per heavy atom. The maximum absolute atomic E-state index is 12.5. The first-order valence-corrected chi connectivity index (χ1v) is 6.55. The zero-order valence-electron chi connectivity index (χ0n) is 11.6. The topological polar surface area (TPSA) is 79.7 Å². The van der Waals surface area contributed by atoms with E-state index in [1.165, 1.54) is 12.1 Å². The van der Waals surface area contributed by atoms with Gasteiger partial charge in [0.25, 0.3) is 5.91 Å². The van der Waals surface area contributed by atoms with Gasteiger partial charge in [-0.3, -0.25) is 4.79 Å². The van der Waals surface area contributed by atoms with Crippen LogP contribution in [0.25, 0.3) is 0 Å². The van der Waals surface area contributed by atoms with Gasteiger partial charge in [-0.1, -0.05) is 0 Å². The fourth-order valence-electron chi connectivity index (χ4n) is 2.52. The minimum Gasteiger partial charge on any atom is -0.478 e. The van der Waals surface area contributed by atoms with E-state index in [4.69, 9.17) is 9.84 Å². The van der Waals surface area contributed by atoms with Crippen LogP contribution in [0.3, 0.4) is 0 Å². The molecule has 1 fully saturated rings. The number of hydrogen-bond acceptors (Lipinski definition) is 4. The molecule has 1 amide bonds. The largest absolute Gasteiger partial charge is 0.478 e. The molecule has 6 heteroatoms. The number of methoxy groups -OCH3 is 1. The normalized spacial score (nSPS) is 18.3. The van der Waals surface area contributed by atoms with Crippen molar-refractivity contribution in [2.24, 2.45) is 0 Å². The summed E-state index contributed by atoms with van der Waals surface area (Å²) in [7, 11) is 1.61. The highest BCUT2D eigenvalue weighted by molar-refractivity contribution is 5.96. The number of amides is 1. The van der Waals surface area contributed by atoms with E-state index in [1.807, 2.05) is 0 Å². The van der Waals surface area contributed by atoms with Crippen molar-refractivity contribution in [1.82, 2.24) is 9.88 Å². The van der Waals surface area contributed by atoms with Gasteiger partial charge in [0.2, 0.25) is 0 Å². The Morgan fingerprint density at radius 1 is 1.50 bits per heavy atom. The molecule has 1 aliphatic heterocycles. The summed E-state index contributed by atoms with van der Waals surface area (Å²) in [6.07, 6.45) is 1.83. The molecule has 1 aliphatic rings. The zero-order chi connectivity index (χ0) is 14.7.